The highest BCUT2D eigenvalue weighted by Gasteiger charge is 2.24. The summed E-state index contributed by atoms with van der Waals surface area (Å²) in [5, 5.41) is 0. The summed E-state index contributed by atoms with van der Waals surface area (Å²) in [5.74, 6) is -0.259. The Labute approximate surface area is 84.8 Å². The number of nitrogens with two attached hydrogens (primary N) is 1. The third-order valence-electron chi connectivity index (χ3n) is 2.60. The molecule has 5 nitrogen and oxygen atoms in total. The van der Waals surface area contributed by atoms with Crippen LogP contribution in [0.15, 0.2) is 0 Å². The zero-order valence-electron chi connectivity index (χ0n) is 8.90. The van der Waals surface area contributed by atoms with Crippen molar-refractivity contribution in [2.45, 2.75) is 6.04 Å². The summed E-state index contributed by atoms with van der Waals surface area (Å²) in [6.45, 7) is 3.77. The summed E-state index contributed by atoms with van der Waals surface area (Å²) in [6.07, 6.45) is 0. The molecular formula is C9H19N3O2. The van der Waals surface area contributed by atoms with Gasteiger partial charge in [-0.2, -0.15) is 0 Å². The highest BCUT2D eigenvalue weighted by atomic mass is 16.5. The van der Waals surface area contributed by atoms with Crippen molar-refractivity contribution in [1.82, 2.24) is 9.80 Å². The molecule has 2 N–H and O–H groups in total. The maximum Gasteiger partial charge on any atom is 0.231 e. The van der Waals surface area contributed by atoms with Gasteiger partial charge < -0.3 is 10.5 Å². The lowest BCUT2D eigenvalue weighted by Crippen LogP contribution is -2.54. The van der Waals surface area contributed by atoms with Gasteiger partial charge in [0, 0.05) is 32.8 Å². The van der Waals surface area contributed by atoms with E-state index in [2.05, 4.69) is 16.8 Å². The van der Waals surface area contributed by atoms with E-state index in [9.17, 15) is 4.79 Å². The first kappa shape index (κ1) is 11.4. The first-order valence-corrected chi connectivity index (χ1v) is 4.83. The molecule has 82 valence electrons. The van der Waals surface area contributed by atoms with Gasteiger partial charge in [0.25, 0.3) is 0 Å². The van der Waals surface area contributed by atoms with Gasteiger partial charge in [-0.15, -0.1) is 0 Å². The van der Waals surface area contributed by atoms with Crippen LogP contribution in [0, 0.1) is 0 Å². The number of carbonyl (C=O) groups is 1. The van der Waals surface area contributed by atoms with Gasteiger partial charge in [-0.3, -0.25) is 14.6 Å². The molecule has 1 aliphatic heterocycles. The highest BCUT2D eigenvalue weighted by Crippen LogP contribution is 2.07. The van der Waals surface area contributed by atoms with Gasteiger partial charge in [0.2, 0.25) is 5.91 Å². The largest absolute Gasteiger partial charge is 0.383 e. The molecule has 1 heterocycles. The van der Waals surface area contributed by atoms with Crippen molar-refractivity contribution >= 4 is 5.91 Å². The van der Waals surface area contributed by atoms with Crippen LogP contribution in [0.1, 0.15) is 0 Å². The van der Waals surface area contributed by atoms with Crippen molar-refractivity contribution in [3.63, 3.8) is 0 Å². The van der Waals surface area contributed by atoms with Crippen LogP contribution in [0.5, 0.6) is 0 Å². The fraction of sp³-hybridized carbons (Fsp3) is 0.889. The molecule has 5 heteroatoms. The average molecular weight is 201 g/mol. The number of piperazine rings is 1. The Hall–Kier alpha value is -0.650. The van der Waals surface area contributed by atoms with E-state index in [1.807, 2.05) is 0 Å². The third kappa shape index (κ3) is 3.25. The molecular weight excluding hydrogens is 182 g/mol. The number of primary amides is 1. The van der Waals surface area contributed by atoms with E-state index in [4.69, 9.17) is 10.5 Å². The molecule has 1 saturated heterocycles. The number of carbonyl (C=O) groups excluding carboxylic acids is 1. The monoisotopic (exact) mass is 201 g/mol. The van der Waals surface area contributed by atoms with Crippen molar-refractivity contribution < 1.29 is 9.53 Å². The van der Waals surface area contributed by atoms with Gasteiger partial charge in [0.15, 0.2) is 0 Å². The van der Waals surface area contributed by atoms with E-state index in [0.29, 0.717) is 19.2 Å². The minimum Gasteiger partial charge on any atom is -0.383 e. The number of methoxy groups -OCH3 is 1. The van der Waals surface area contributed by atoms with E-state index in [0.717, 1.165) is 19.6 Å². The second-order valence-electron chi connectivity index (χ2n) is 3.79. The van der Waals surface area contributed by atoms with Gasteiger partial charge in [-0.05, 0) is 7.05 Å². The fourth-order valence-corrected chi connectivity index (χ4v) is 1.75. The van der Waals surface area contributed by atoms with Crippen molar-refractivity contribution in [1.29, 1.82) is 0 Å². The lowest BCUT2D eigenvalue weighted by atomic mass is 10.2. The molecule has 0 aromatic carbocycles. The second-order valence-corrected chi connectivity index (χ2v) is 3.79. The number of likely N-dealkylation sites (N-methyl/N-ethyl adjacent to an activating group) is 1. The SMILES string of the molecule is COCC1CN(CC(N)=O)CCN1C. The van der Waals surface area contributed by atoms with Crippen LogP contribution < -0.4 is 5.73 Å². The van der Waals surface area contributed by atoms with Crippen LogP contribution in [0.4, 0.5) is 0 Å². The smallest absolute Gasteiger partial charge is 0.231 e. The Morgan fingerprint density at radius 2 is 2.29 bits per heavy atom. The maximum atomic E-state index is 10.7. The Balaban J connectivity index is 2.40. The van der Waals surface area contributed by atoms with Crippen LogP contribution in [0.2, 0.25) is 0 Å². The Kier molecular flexibility index (Phi) is 4.31. The Bertz CT molecular complexity index is 198. The van der Waals surface area contributed by atoms with Crippen LogP contribution in [-0.4, -0.2) is 68.7 Å². The zero-order valence-corrected chi connectivity index (χ0v) is 8.90. The number of hydrogen-bond acceptors (Lipinski definition) is 4. The first-order valence-electron chi connectivity index (χ1n) is 4.83. The molecule has 0 radical (unpaired) electrons. The summed E-state index contributed by atoms with van der Waals surface area (Å²) in [7, 11) is 3.77. The molecule has 0 aromatic heterocycles. The number of hydrogen-bond donors (Lipinski definition) is 1. The first-order chi connectivity index (χ1) is 6.63. The van der Waals surface area contributed by atoms with Crippen molar-refractivity contribution in [2.75, 3.05) is 46.9 Å². The van der Waals surface area contributed by atoms with E-state index in [1.165, 1.54) is 0 Å². The lowest BCUT2D eigenvalue weighted by Gasteiger charge is -2.38. The van der Waals surface area contributed by atoms with Gasteiger partial charge in [-0.25, -0.2) is 0 Å². The summed E-state index contributed by atoms with van der Waals surface area (Å²) in [5.41, 5.74) is 5.15. The van der Waals surface area contributed by atoms with Gasteiger partial charge in [0.05, 0.1) is 13.2 Å². The average Bonchev–Trinajstić information content (AvgIpc) is 2.10. The maximum absolute atomic E-state index is 10.7. The second kappa shape index (κ2) is 5.29. The number of rotatable bonds is 4. The van der Waals surface area contributed by atoms with Crippen molar-refractivity contribution in [2.24, 2.45) is 5.73 Å². The van der Waals surface area contributed by atoms with Gasteiger partial charge >= 0.3 is 0 Å². The third-order valence-corrected chi connectivity index (χ3v) is 2.60. The molecule has 0 aromatic rings. The van der Waals surface area contributed by atoms with E-state index in [1.54, 1.807) is 7.11 Å². The number of ether oxygens (including phenoxy) is 1. The lowest BCUT2D eigenvalue weighted by molar-refractivity contribution is -0.120. The fourth-order valence-electron chi connectivity index (χ4n) is 1.75. The summed E-state index contributed by atoms with van der Waals surface area (Å²) in [4.78, 5) is 15.1. The molecule has 0 bridgehead atoms. The molecule has 1 fully saturated rings. The molecule has 1 rings (SSSR count). The highest BCUT2D eigenvalue weighted by molar-refractivity contribution is 5.75. The Morgan fingerprint density at radius 1 is 1.57 bits per heavy atom. The van der Waals surface area contributed by atoms with Crippen LogP contribution in [0.3, 0.4) is 0 Å². The molecule has 1 aliphatic rings. The standard InChI is InChI=1S/C9H19N3O2/c1-11-3-4-12(6-9(10)13)5-8(11)7-14-2/h8H,3-7H2,1-2H3,(H2,10,13). The predicted molar refractivity (Wildman–Crippen MR) is 53.9 cm³/mol. The molecule has 1 unspecified atom stereocenters. The van der Waals surface area contributed by atoms with Crippen molar-refractivity contribution in [3.8, 4) is 0 Å². The zero-order chi connectivity index (χ0) is 10.6. The van der Waals surface area contributed by atoms with Gasteiger partial charge in [-0.1, -0.05) is 0 Å². The minimum absolute atomic E-state index is 0.259. The summed E-state index contributed by atoms with van der Waals surface area (Å²) < 4.78 is 5.12. The van der Waals surface area contributed by atoms with Crippen LogP contribution in [-0.2, 0) is 9.53 Å². The molecule has 1 atom stereocenters. The van der Waals surface area contributed by atoms with E-state index < -0.39 is 0 Å². The normalized spacial score (nSPS) is 25.1. The van der Waals surface area contributed by atoms with Crippen molar-refractivity contribution in [3.05, 3.63) is 0 Å². The number of amides is 1. The van der Waals surface area contributed by atoms with Crippen LogP contribution >= 0.6 is 0 Å². The topological polar surface area (TPSA) is 58.8 Å². The predicted octanol–water partition coefficient (Wildman–Crippen LogP) is -1.27. The summed E-state index contributed by atoms with van der Waals surface area (Å²) >= 11 is 0. The minimum atomic E-state index is -0.259. The number of nitrogens with zero attached hydrogens (tertiary/aromatic N) is 2. The van der Waals surface area contributed by atoms with Crippen LogP contribution in [0.25, 0.3) is 0 Å². The van der Waals surface area contributed by atoms with E-state index >= 15 is 0 Å². The van der Waals surface area contributed by atoms with E-state index in [-0.39, 0.29) is 5.91 Å². The quantitative estimate of drug-likeness (QED) is 0.616. The molecule has 14 heavy (non-hydrogen) atoms. The van der Waals surface area contributed by atoms with Gasteiger partial charge in [0.1, 0.15) is 0 Å². The Morgan fingerprint density at radius 3 is 2.86 bits per heavy atom. The molecule has 0 spiro atoms. The molecule has 0 saturated carbocycles. The summed E-state index contributed by atoms with van der Waals surface area (Å²) in [6, 6.07) is 0.369. The molecule has 0 aliphatic carbocycles. The molecule has 1 amide bonds.